The summed E-state index contributed by atoms with van der Waals surface area (Å²) >= 11 is 0. The fourth-order valence-electron chi connectivity index (χ4n) is 3.98. The Bertz CT molecular complexity index is 478. The van der Waals surface area contributed by atoms with Gasteiger partial charge in [0.2, 0.25) is 5.91 Å². The third kappa shape index (κ3) is 20.5. The number of amides is 1. The van der Waals surface area contributed by atoms with Gasteiger partial charge in [-0.1, -0.05) is 83.3 Å². The molecule has 0 heterocycles. The summed E-state index contributed by atoms with van der Waals surface area (Å²) in [6.45, 7) is 2.84. The van der Waals surface area contributed by atoms with Gasteiger partial charge in [-0.15, -0.1) is 0 Å². The van der Waals surface area contributed by atoms with Gasteiger partial charge in [0, 0.05) is 13.0 Å². The van der Waals surface area contributed by atoms with Gasteiger partial charge in [0.15, 0.2) is 0 Å². The van der Waals surface area contributed by atoms with E-state index in [1.54, 1.807) is 19.0 Å². The Kier molecular flexibility index (Phi) is 21.9. The second kappa shape index (κ2) is 22.8. The van der Waals surface area contributed by atoms with Crippen molar-refractivity contribution in [2.45, 2.75) is 129 Å². The molecule has 2 N–H and O–H groups in total. The highest BCUT2D eigenvalue weighted by atomic mass is 16.4. The van der Waals surface area contributed by atoms with Crippen molar-refractivity contribution in [3.63, 3.8) is 0 Å². The minimum absolute atomic E-state index is 0.133. The maximum Gasteiger partial charge on any atom is 0.320 e. The molecule has 0 fully saturated rings. The minimum atomic E-state index is -0.777. The second-order valence-electron chi connectivity index (χ2n) is 9.32. The summed E-state index contributed by atoms with van der Waals surface area (Å²) in [4.78, 5) is 24.7. The smallest absolute Gasteiger partial charge is 0.320 e. The topological polar surface area (TPSA) is 69.6 Å². The van der Waals surface area contributed by atoms with Crippen LogP contribution in [-0.4, -0.2) is 48.6 Å². The molecule has 0 saturated heterocycles. The first-order chi connectivity index (χ1) is 15.5. The first-order valence-electron chi connectivity index (χ1n) is 13.3. The van der Waals surface area contributed by atoms with E-state index in [0.717, 1.165) is 32.1 Å². The molecule has 0 aromatic rings. The zero-order valence-electron chi connectivity index (χ0n) is 21.4. The van der Waals surface area contributed by atoms with Crippen molar-refractivity contribution < 1.29 is 14.7 Å². The van der Waals surface area contributed by atoms with Crippen LogP contribution >= 0.6 is 0 Å². The van der Waals surface area contributed by atoms with Crippen LogP contribution in [0.25, 0.3) is 0 Å². The van der Waals surface area contributed by atoms with E-state index in [9.17, 15) is 9.59 Å². The molecule has 0 spiro atoms. The van der Waals surface area contributed by atoms with Crippen LogP contribution in [0, 0.1) is 0 Å². The lowest BCUT2D eigenvalue weighted by Crippen LogP contribution is -2.35. The van der Waals surface area contributed by atoms with Crippen molar-refractivity contribution in [1.29, 1.82) is 0 Å². The number of aliphatic carboxylic acids is 1. The van der Waals surface area contributed by atoms with Crippen LogP contribution in [-0.2, 0) is 9.59 Å². The molecule has 0 bridgehead atoms. The van der Waals surface area contributed by atoms with Crippen molar-refractivity contribution in [2.24, 2.45) is 0 Å². The Balaban J connectivity index is 3.33. The Morgan fingerprint density at radius 3 is 1.81 bits per heavy atom. The summed E-state index contributed by atoms with van der Waals surface area (Å²) < 4.78 is 0. The average Bonchev–Trinajstić information content (AvgIpc) is 2.75. The zero-order chi connectivity index (χ0) is 23.9. The van der Waals surface area contributed by atoms with Crippen LogP contribution in [0.3, 0.4) is 0 Å². The summed E-state index contributed by atoms with van der Waals surface area (Å²) in [7, 11) is 3.58. The number of hydrogen-bond acceptors (Lipinski definition) is 3. The molecule has 0 saturated carbocycles. The van der Waals surface area contributed by atoms with Crippen molar-refractivity contribution in [1.82, 2.24) is 10.2 Å². The fraction of sp³-hybridized carbons (Fsp3) is 0.852. The van der Waals surface area contributed by atoms with Crippen LogP contribution in [0.5, 0.6) is 0 Å². The third-order valence-electron chi connectivity index (χ3n) is 6.06. The Hall–Kier alpha value is -1.36. The van der Waals surface area contributed by atoms with E-state index in [-0.39, 0.29) is 5.91 Å². The number of nitrogens with zero attached hydrogens (tertiary/aromatic N) is 1. The highest BCUT2D eigenvalue weighted by molar-refractivity contribution is 5.75. The summed E-state index contributed by atoms with van der Waals surface area (Å²) in [5, 5.41) is 12.1. The van der Waals surface area contributed by atoms with E-state index in [1.807, 2.05) is 0 Å². The van der Waals surface area contributed by atoms with Gasteiger partial charge in [0.05, 0.1) is 0 Å². The molecule has 0 aliphatic carbocycles. The van der Waals surface area contributed by atoms with Gasteiger partial charge >= 0.3 is 5.97 Å². The predicted molar refractivity (Wildman–Crippen MR) is 136 cm³/mol. The quantitative estimate of drug-likeness (QED) is 0.133. The van der Waals surface area contributed by atoms with E-state index >= 15 is 0 Å². The maximum absolute atomic E-state index is 11.9. The van der Waals surface area contributed by atoms with Crippen LogP contribution in [0.2, 0.25) is 0 Å². The second-order valence-corrected chi connectivity index (χ2v) is 9.32. The molecule has 0 rings (SSSR count). The molecule has 5 nitrogen and oxygen atoms in total. The van der Waals surface area contributed by atoms with Gasteiger partial charge in [-0.3, -0.25) is 14.5 Å². The van der Waals surface area contributed by atoms with Crippen LogP contribution in [0.1, 0.15) is 122 Å². The first-order valence-corrected chi connectivity index (χ1v) is 13.3. The third-order valence-corrected chi connectivity index (χ3v) is 6.06. The number of nitrogens with one attached hydrogen (secondary N) is 1. The normalized spacial score (nSPS) is 12.5. The SMILES string of the molecule is CC/C=C/CCCCCCCCCCCCCCC(=O)NCCCC[C@@H](C(=O)O)N(C)C. The number of unbranched alkanes of at least 4 members (excludes halogenated alkanes) is 13. The summed E-state index contributed by atoms with van der Waals surface area (Å²) in [5.74, 6) is -0.644. The monoisotopic (exact) mass is 452 g/mol. The molecule has 188 valence electrons. The van der Waals surface area contributed by atoms with Gasteiger partial charge in [0.1, 0.15) is 6.04 Å². The Labute approximate surface area is 198 Å². The average molecular weight is 453 g/mol. The van der Waals surface area contributed by atoms with E-state index in [0.29, 0.717) is 19.4 Å². The molecule has 0 aromatic heterocycles. The first kappa shape index (κ1) is 30.6. The number of rotatable bonds is 23. The number of carboxylic acid groups (broad SMARTS) is 1. The van der Waals surface area contributed by atoms with Gasteiger partial charge in [0.25, 0.3) is 0 Å². The van der Waals surface area contributed by atoms with Crippen molar-refractivity contribution in [3.05, 3.63) is 12.2 Å². The molecule has 0 aliphatic heterocycles. The van der Waals surface area contributed by atoms with Crippen molar-refractivity contribution in [2.75, 3.05) is 20.6 Å². The Morgan fingerprint density at radius 2 is 1.31 bits per heavy atom. The molecule has 1 atom stereocenters. The molecule has 5 heteroatoms. The van der Waals surface area contributed by atoms with Crippen molar-refractivity contribution >= 4 is 11.9 Å². The maximum atomic E-state index is 11.9. The molecule has 1 amide bonds. The van der Waals surface area contributed by atoms with E-state index < -0.39 is 12.0 Å². The highest BCUT2D eigenvalue weighted by Gasteiger charge is 2.18. The van der Waals surface area contributed by atoms with Gasteiger partial charge in [-0.2, -0.15) is 0 Å². The number of allylic oxidation sites excluding steroid dienone is 2. The highest BCUT2D eigenvalue weighted by Crippen LogP contribution is 2.13. The predicted octanol–water partition coefficient (Wildman–Crippen LogP) is 6.72. The number of carbonyl (C=O) groups excluding carboxylic acids is 1. The molecular weight excluding hydrogens is 400 g/mol. The van der Waals surface area contributed by atoms with Gasteiger partial charge < -0.3 is 10.4 Å². The fourth-order valence-corrected chi connectivity index (χ4v) is 3.98. The number of likely N-dealkylation sites (N-methyl/N-ethyl adjacent to an activating group) is 1. The molecule has 0 aromatic carbocycles. The summed E-state index contributed by atoms with van der Waals surface area (Å²) in [5.41, 5.74) is 0. The number of carboxylic acids is 1. The standard InChI is InChI=1S/C27H52N2O3/c1-4-5-6-7-8-9-10-11-12-13-14-15-16-17-18-19-23-26(30)28-24-21-20-22-25(27(31)32)29(2)3/h5-6,25H,4,7-24H2,1-3H3,(H,28,30)(H,31,32)/b6-5+/t25-/m0/s1. The molecule has 0 aliphatic rings. The van der Waals surface area contributed by atoms with E-state index in [1.165, 1.54) is 70.6 Å². The summed E-state index contributed by atoms with van der Waals surface area (Å²) in [6.07, 6.45) is 25.5. The van der Waals surface area contributed by atoms with Crippen molar-refractivity contribution in [3.8, 4) is 0 Å². The lowest BCUT2D eigenvalue weighted by atomic mass is 10.0. The zero-order valence-corrected chi connectivity index (χ0v) is 21.4. The van der Waals surface area contributed by atoms with Gasteiger partial charge in [-0.05, 0) is 59.0 Å². The number of hydrogen-bond donors (Lipinski definition) is 2. The van der Waals surface area contributed by atoms with E-state index in [2.05, 4.69) is 24.4 Å². The van der Waals surface area contributed by atoms with Crippen LogP contribution in [0.4, 0.5) is 0 Å². The van der Waals surface area contributed by atoms with Crippen LogP contribution < -0.4 is 5.32 Å². The summed E-state index contributed by atoms with van der Waals surface area (Å²) in [6, 6.07) is -0.436. The lowest BCUT2D eigenvalue weighted by Gasteiger charge is -2.19. The number of carbonyl (C=O) groups is 2. The molecule has 32 heavy (non-hydrogen) atoms. The lowest BCUT2D eigenvalue weighted by molar-refractivity contribution is -0.142. The van der Waals surface area contributed by atoms with Gasteiger partial charge in [-0.25, -0.2) is 0 Å². The molecule has 0 unspecified atom stereocenters. The molecular formula is C27H52N2O3. The minimum Gasteiger partial charge on any atom is -0.480 e. The molecule has 0 radical (unpaired) electrons. The Morgan fingerprint density at radius 1 is 0.781 bits per heavy atom. The van der Waals surface area contributed by atoms with Crippen LogP contribution in [0.15, 0.2) is 12.2 Å². The largest absolute Gasteiger partial charge is 0.480 e. The van der Waals surface area contributed by atoms with E-state index in [4.69, 9.17) is 5.11 Å².